The maximum atomic E-state index is 13.0. The molecule has 19 heavy (non-hydrogen) atoms. The Morgan fingerprint density at radius 2 is 2.11 bits per heavy atom. The number of nitrogens with zero attached hydrogens (tertiary/aromatic N) is 1. The molecule has 0 bridgehead atoms. The summed E-state index contributed by atoms with van der Waals surface area (Å²) in [6, 6.07) is 0.0217. The standard InChI is InChI=1S/C14H22N2O2S/c1-2-11-12(17)15-14(6-3-4-7-14)13(18)16(11)10-5-8-19-9-10/h10-11H,2-9H2,1H3,(H,15,17). The van der Waals surface area contributed by atoms with Crippen molar-refractivity contribution >= 4 is 23.6 Å². The van der Waals surface area contributed by atoms with Gasteiger partial charge in [-0.1, -0.05) is 19.8 Å². The molecule has 1 N–H and O–H groups in total. The lowest BCUT2D eigenvalue weighted by molar-refractivity contribution is -0.157. The first-order valence-corrected chi connectivity index (χ1v) is 8.56. The topological polar surface area (TPSA) is 49.4 Å². The van der Waals surface area contributed by atoms with Gasteiger partial charge in [0.05, 0.1) is 0 Å². The second-order valence-electron chi connectivity index (χ2n) is 5.93. The molecule has 2 atom stereocenters. The lowest BCUT2D eigenvalue weighted by Crippen LogP contribution is -2.71. The van der Waals surface area contributed by atoms with Crippen LogP contribution in [0.25, 0.3) is 0 Å². The Morgan fingerprint density at radius 1 is 1.37 bits per heavy atom. The van der Waals surface area contributed by atoms with Crippen molar-refractivity contribution in [1.82, 2.24) is 10.2 Å². The number of hydrogen-bond donors (Lipinski definition) is 1. The van der Waals surface area contributed by atoms with E-state index in [1.807, 2.05) is 23.6 Å². The molecule has 4 nitrogen and oxygen atoms in total. The van der Waals surface area contributed by atoms with Gasteiger partial charge in [0.1, 0.15) is 11.6 Å². The van der Waals surface area contributed by atoms with E-state index in [-0.39, 0.29) is 23.9 Å². The lowest BCUT2D eigenvalue weighted by atomic mass is 9.88. The molecule has 1 saturated carbocycles. The molecule has 2 unspecified atom stereocenters. The van der Waals surface area contributed by atoms with E-state index >= 15 is 0 Å². The number of carbonyl (C=O) groups is 2. The van der Waals surface area contributed by atoms with Crippen LogP contribution in [0.5, 0.6) is 0 Å². The average Bonchev–Trinajstić information content (AvgIpc) is 3.05. The summed E-state index contributed by atoms with van der Waals surface area (Å²) < 4.78 is 0. The van der Waals surface area contributed by atoms with E-state index < -0.39 is 5.54 Å². The zero-order valence-electron chi connectivity index (χ0n) is 11.5. The van der Waals surface area contributed by atoms with E-state index in [0.29, 0.717) is 0 Å². The van der Waals surface area contributed by atoms with Crippen molar-refractivity contribution in [2.24, 2.45) is 0 Å². The zero-order valence-corrected chi connectivity index (χ0v) is 12.3. The van der Waals surface area contributed by atoms with E-state index in [9.17, 15) is 9.59 Å². The SMILES string of the molecule is CCC1C(=O)NC2(CCCC2)C(=O)N1C1CCSC1. The van der Waals surface area contributed by atoms with Gasteiger partial charge in [-0.05, 0) is 31.4 Å². The molecule has 3 aliphatic rings. The summed E-state index contributed by atoms with van der Waals surface area (Å²) in [6.45, 7) is 2.00. The van der Waals surface area contributed by atoms with E-state index in [4.69, 9.17) is 0 Å². The molecule has 3 fully saturated rings. The van der Waals surface area contributed by atoms with Crippen LogP contribution in [-0.4, -0.2) is 45.8 Å². The highest BCUT2D eigenvalue weighted by molar-refractivity contribution is 7.99. The minimum Gasteiger partial charge on any atom is -0.340 e. The summed E-state index contributed by atoms with van der Waals surface area (Å²) in [7, 11) is 0. The lowest BCUT2D eigenvalue weighted by Gasteiger charge is -2.46. The highest BCUT2D eigenvalue weighted by Crippen LogP contribution is 2.37. The fourth-order valence-electron chi connectivity index (χ4n) is 3.75. The summed E-state index contributed by atoms with van der Waals surface area (Å²) in [5.74, 6) is 2.37. The molecule has 3 rings (SSSR count). The molecule has 1 spiro atoms. The Morgan fingerprint density at radius 3 is 2.68 bits per heavy atom. The number of piperazine rings is 1. The Labute approximate surface area is 118 Å². The molecular formula is C14H22N2O2S. The number of amides is 2. The molecule has 2 saturated heterocycles. The van der Waals surface area contributed by atoms with Gasteiger partial charge < -0.3 is 10.2 Å². The molecule has 0 aromatic rings. The first-order valence-electron chi connectivity index (χ1n) is 7.40. The molecule has 5 heteroatoms. The van der Waals surface area contributed by atoms with Crippen molar-refractivity contribution in [2.75, 3.05) is 11.5 Å². The third-order valence-corrected chi connectivity index (χ3v) is 5.93. The van der Waals surface area contributed by atoms with Gasteiger partial charge in [0, 0.05) is 11.8 Å². The van der Waals surface area contributed by atoms with E-state index in [1.54, 1.807) is 0 Å². The van der Waals surface area contributed by atoms with Crippen molar-refractivity contribution in [3.05, 3.63) is 0 Å². The van der Waals surface area contributed by atoms with Crippen molar-refractivity contribution in [3.63, 3.8) is 0 Å². The van der Waals surface area contributed by atoms with Crippen LogP contribution in [0.2, 0.25) is 0 Å². The Hall–Kier alpha value is -0.710. The summed E-state index contributed by atoms with van der Waals surface area (Å²) in [4.78, 5) is 27.3. The van der Waals surface area contributed by atoms with Crippen molar-refractivity contribution in [1.29, 1.82) is 0 Å². The molecule has 0 radical (unpaired) electrons. The van der Waals surface area contributed by atoms with Gasteiger partial charge in [-0.3, -0.25) is 9.59 Å². The highest BCUT2D eigenvalue weighted by Gasteiger charge is 2.53. The maximum absolute atomic E-state index is 13.0. The molecule has 1 aliphatic carbocycles. The van der Waals surface area contributed by atoms with Crippen LogP contribution < -0.4 is 5.32 Å². The van der Waals surface area contributed by atoms with Crippen LogP contribution >= 0.6 is 11.8 Å². The third-order valence-electron chi connectivity index (χ3n) is 4.79. The quantitative estimate of drug-likeness (QED) is 0.836. The molecule has 0 aromatic heterocycles. The third kappa shape index (κ3) is 2.06. The number of nitrogens with one attached hydrogen (secondary N) is 1. The monoisotopic (exact) mass is 282 g/mol. The number of hydrogen-bond acceptors (Lipinski definition) is 3. The smallest absolute Gasteiger partial charge is 0.249 e. The molecule has 2 amide bonds. The molecule has 106 valence electrons. The van der Waals surface area contributed by atoms with Gasteiger partial charge in [-0.15, -0.1) is 0 Å². The predicted octanol–water partition coefficient (Wildman–Crippen LogP) is 1.54. The van der Waals surface area contributed by atoms with Gasteiger partial charge in [0.15, 0.2) is 0 Å². The average molecular weight is 282 g/mol. The van der Waals surface area contributed by atoms with Gasteiger partial charge in [-0.2, -0.15) is 11.8 Å². The fourth-order valence-corrected chi connectivity index (χ4v) is 4.95. The largest absolute Gasteiger partial charge is 0.340 e. The summed E-state index contributed by atoms with van der Waals surface area (Å²) in [5.41, 5.74) is -0.560. The molecule has 2 heterocycles. The van der Waals surface area contributed by atoms with Crippen molar-refractivity contribution in [2.45, 2.75) is 63.1 Å². The first kappa shape index (κ1) is 13.3. The van der Waals surface area contributed by atoms with Crippen molar-refractivity contribution in [3.8, 4) is 0 Å². The number of carbonyl (C=O) groups excluding carboxylic acids is 2. The van der Waals surface area contributed by atoms with E-state index in [0.717, 1.165) is 50.0 Å². The first-order chi connectivity index (χ1) is 9.18. The van der Waals surface area contributed by atoms with Crippen molar-refractivity contribution < 1.29 is 9.59 Å². The zero-order chi connectivity index (χ0) is 13.5. The predicted molar refractivity (Wildman–Crippen MR) is 76.0 cm³/mol. The Bertz CT molecular complexity index is 387. The van der Waals surface area contributed by atoms with Crippen LogP contribution in [0.1, 0.15) is 45.4 Å². The minimum atomic E-state index is -0.560. The summed E-state index contributed by atoms with van der Waals surface area (Å²) >= 11 is 1.90. The van der Waals surface area contributed by atoms with Gasteiger partial charge in [-0.25, -0.2) is 0 Å². The maximum Gasteiger partial charge on any atom is 0.249 e. The summed E-state index contributed by atoms with van der Waals surface area (Å²) in [5, 5.41) is 3.06. The van der Waals surface area contributed by atoms with Crippen LogP contribution in [0.15, 0.2) is 0 Å². The van der Waals surface area contributed by atoms with Crippen LogP contribution in [0.4, 0.5) is 0 Å². The second-order valence-corrected chi connectivity index (χ2v) is 7.08. The summed E-state index contributed by atoms with van der Waals surface area (Å²) in [6.07, 6.45) is 5.51. The number of thioether (sulfide) groups is 1. The van der Waals surface area contributed by atoms with E-state index in [1.165, 1.54) is 0 Å². The van der Waals surface area contributed by atoms with Crippen LogP contribution in [0, 0.1) is 0 Å². The van der Waals surface area contributed by atoms with Crippen LogP contribution in [-0.2, 0) is 9.59 Å². The van der Waals surface area contributed by atoms with E-state index in [2.05, 4.69) is 5.32 Å². The van der Waals surface area contributed by atoms with Crippen LogP contribution in [0.3, 0.4) is 0 Å². The minimum absolute atomic E-state index is 0.0703. The number of rotatable bonds is 2. The molecule has 0 aromatic carbocycles. The highest BCUT2D eigenvalue weighted by atomic mass is 32.2. The Balaban J connectivity index is 1.91. The normalized spacial score (nSPS) is 34.1. The molecule has 2 aliphatic heterocycles. The second kappa shape index (κ2) is 5.00. The molecular weight excluding hydrogens is 260 g/mol. The van der Waals surface area contributed by atoms with Gasteiger partial charge in [0.2, 0.25) is 11.8 Å². The Kier molecular flexibility index (Phi) is 3.50. The van der Waals surface area contributed by atoms with Gasteiger partial charge in [0.25, 0.3) is 0 Å². The fraction of sp³-hybridized carbons (Fsp3) is 0.857. The van der Waals surface area contributed by atoms with Gasteiger partial charge >= 0.3 is 0 Å².